The molecule has 0 aromatic heterocycles. The third-order valence-corrected chi connectivity index (χ3v) is 0. The Morgan fingerprint density at radius 2 is 0.800 bits per heavy atom. The monoisotopic (exact) mass is 250 g/mol. The van der Waals surface area contributed by atoms with Crippen LogP contribution in [0.25, 0.3) is 0 Å². The molecule has 0 amide bonds. The first-order valence-electron chi connectivity index (χ1n) is 0.404. The Balaban J connectivity index is 3.02. The first-order chi connectivity index (χ1) is 2.00. The van der Waals surface area contributed by atoms with Crippen molar-refractivity contribution in [1.82, 2.24) is 0 Å². The Hall–Kier alpha value is 1.24. The molecule has 0 aliphatic carbocycles. The van der Waals surface area contributed by atoms with Gasteiger partial charge in [0.1, 0.15) is 0 Å². The van der Waals surface area contributed by atoms with Crippen molar-refractivity contribution in [2.24, 2.45) is 0 Å². The molecule has 0 fully saturated rings. The van der Waals surface area contributed by atoms with E-state index in [9.17, 15) is 1.25 Å². The third kappa shape index (κ3) is 35.8. The Kier molecular flexibility index (Phi) is 2.24. The molecular weight excluding hydrogens is 249 g/mol. The van der Waals surface area contributed by atoms with Gasteiger partial charge < -0.3 is 0 Å². The van der Waals surface area contributed by atoms with Gasteiger partial charge in [0, 0.05) is 0 Å². The molecule has 5 heavy (non-hydrogen) atoms. The third-order valence-electron chi connectivity index (χ3n) is 0. The van der Waals surface area contributed by atoms with Gasteiger partial charge in [0.15, 0.2) is 0 Å². The summed E-state index contributed by atoms with van der Waals surface area (Å²) < 4.78 is 39.4. The maximum absolute atomic E-state index is 9.84. The van der Waals surface area contributed by atoms with Crippen molar-refractivity contribution in [2.75, 3.05) is 0 Å². The standard InChI is InChI=1S/4FH.Yb/h4*1H;/q;;;;+4/p-4. The van der Waals surface area contributed by atoms with Crippen LogP contribution in [0, 0.1) is 41.4 Å². The SMILES string of the molecule is [F][Yb]([F])([F])[F]. The van der Waals surface area contributed by atoms with Crippen molar-refractivity contribution >= 4 is 0 Å². The van der Waals surface area contributed by atoms with E-state index in [-0.39, 0.29) is 0 Å². The average molecular weight is 249 g/mol. The molecule has 0 N–H and O–H groups in total. The van der Waals surface area contributed by atoms with E-state index in [0.29, 0.717) is 0 Å². The van der Waals surface area contributed by atoms with Gasteiger partial charge in [-0.25, -0.2) is 0 Å². The normalized spacial score (nSPS) is 15.2. The molecule has 42 valence electrons. The van der Waals surface area contributed by atoms with Crippen molar-refractivity contribution in [3.05, 3.63) is 0 Å². The zero-order valence-electron chi connectivity index (χ0n) is 1.78. The van der Waals surface area contributed by atoms with E-state index < -0.39 is 41.4 Å². The molecular formula is F4Yb. The average Bonchev–Trinajstić information content (AvgIpc) is 0.722. The molecule has 0 spiro atoms. The Labute approximate surface area is 41.9 Å². The van der Waals surface area contributed by atoms with Gasteiger partial charge in [0.2, 0.25) is 0 Å². The van der Waals surface area contributed by atoms with Gasteiger partial charge in [-0.1, -0.05) is 0 Å². The quantitative estimate of drug-likeness (QED) is 0.573. The van der Waals surface area contributed by atoms with Gasteiger partial charge in [-0.2, -0.15) is 0 Å². The summed E-state index contributed by atoms with van der Waals surface area (Å²) in [7, 11) is 0. The molecule has 0 heterocycles. The van der Waals surface area contributed by atoms with Crippen LogP contribution in [0.3, 0.4) is 0 Å². The predicted octanol–water partition coefficient (Wildman–Crippen LogP) is 1.68. The van der Waals surface area contributed by atoms with Crippen LogP contribution in [0.2, 0.25) is 0 Å². The van der Waals surface area contributed by atoms with Crippen LogP contribution >= 0.6 is 0 Å². The molecule has 0 aromatic carbocycles. The molecule has 0 atom stereocenters. The number of halogens is 4. The van der Waals surface area contributed by atoms with Gasteiger partial charge in [-0.15, -0.1) is 0 Å². The number of rotatable bonds is 0. The summed E-state index contributed by atoms with van der Waals surface area (Å²) in [5.74, 6) is 0. The Morgan fingerprint density at radius 3 is 0.800 bits per heavy atom. The van der Waals surface area contributed by atoms with Crippen LogP contribution < -0.4 is 0 Å². The van der Waals surface area contributed by atoms with Gasteiger partial charge >= 0.3 is 42.6 Å². The molecule has 0 unspecified atom stereocenters. The molecule has 0 aliphatic rings. The molecule has 0 aromatic rings. The topological polar surface area (TPSA) is 0 Å². The first-order valence-corrected chi connectivity index (χ1v) is 3.00. The van der Waals surface area contributed by atoms with Crippen molar-refractivity contribution < 1.29 is 42.6 Å². The summed E-state index contributed by atoms with van der Waals surface area (Å²) in [6, 6.07) is 0. The van der Waals surface area contributed by atoms with Crippen molar-refractivity contribution in [1.29, 1.82) is 0 Å². The van der Waals surface area contributed by atoms with E-state index in [1.54, 1.807) is 0 Å². The van der Waals surface area contributed by atoms with Gasteiger partial charge in [0.05, 0.1) is 0 Å². The molecule has 5 heteroatoms. The van der Waals surface area contributed by atoms with Crippen LogP contribution in [0.4, 0.5) is 1.25 Å². The van der Waals surface area contributed by atoms with Gasteiger partial charge in [-0.05, 0) is 0 Å². The number of hydrogen-bond acceptors (Lipinski definition) is 0. The van der Waals surface area contributed by atoms with Crippen LogP contribution in [0.5, 0.6) is 0 Å². The fourth-order valence-corrected chi connectivity index (χ4v) is 0. The minimum atomic E-state index is -6.72. The Bertz CT molecular complexity index is 19.1. The fourth-order valence-electron chi connectivity index (χ4n) is 0. The fraction of sp³-hybridized carbons (Fsp3) is 0. The van der Waals surface area contributed by atoms with Crippen LogP contribution in [-0.4, -0.2) is 0 Å². The molecule has 0 nitrogen and oxygen atoms in total. The van der Waals surface area contributed by atoms with Gasteiger partial charge in [-0.3, -0.25) is 0 Å². The molecule has 0 aliphatic heterocycles. The molecule has 0 bridgehead atoms. The second kappa shape index (κ2) is 1.80. The van der Waals surface area contributed by atoms with E-state index >= 15 is 0 Å². The van der Waals surface area contributed by atoms with E-state index in [1.165, 1.54) is 0 Å². The summed E-state index contributed by atoms with van der Waals surface area (Å²) in [6.07, 6.45) is 0. The molecule has 0 saturated heterocycles. The van der Waals surface area contributed by atoms with Crippen LogP contribution in [0.15, 0.2) is 0 Å². The van der Waals surface area contributed by atoms with E-state index in [2.05, 4.69) is 0 Å². The first kappa shape index (κ1) is 6.24. The molecule has 0 saturated carbocycles. The summed E-state index contributed by atoms with van der Waals surface area (Å²) in [5, 5.41) is 0. The Morgan fingerprint density at radius 1 is 0.800 bits per heavy atom. The van der Waals surface area contributed by atoms with E-state index in [4.69, 9.17) is 0 Å². The van der Waals surface area contributed by atoms with Crippen molar-refractivity contribution in [3.63, 3.8) is 0 Å². The van der Waals surface area contributed by atoms with Crippen molar-refractivity contribution in [3.8, 4) is 0 Å². The van der Waals surface area contributed by atoms with Crippen LogP contribution in [0.1, 0.15) is 0 Å². The maximum atomic E-state index is 9.84. The molecule has 0 radical (unpaired) electrons. The van der Waals surface area contributed by atoms with E-state index in [1.807, 2.05) is 0 Å². The second-order valence-corrected chi connectivity index (χ2v) is 1.70. The minimum absolute atomic E-state index is 6.72. The van der Waals surface area contributed by atoms with E-state index in [0.717, 1.165) is 0 Å². The molecule has 0 rings (SSSR count). The summed E-state index contributed by atoms with van der Waals surface area (Å²) in [4.78, 5) is 0. The summed E-state index contributed by atoms with van der Waals surface area (Å²) in [6.45, 7) is 0. The predicted molar refractivity (Wildman–Crippen MR) is 4.43 cm³/mol. The summed E-state index contributed by atoms with van der Waals surface area (Å²) >= 11 is -6.72. The zero-order valence-corrected chi connectivity index (χ0v) is 3.49. The summed E-state index contributed by atoms with van der Waals surface area (Å²) in [5.41, 5.74) is 0. The second-order valence-electron chi connectivity index (χ2n) is 0.229. The zero-order chi connectivity index (χ0) is 4.50. The van der Waals surface area contributed by atoms with Crippen LogP contribution in [-0.2, 0) is 0 Å². The number of hydrogen-bond donors (Lipinski definition) is 0. The van der Waals surface area contributed by atoms with Gasteiger partial charge in [0.25, 0.3) is 0 Å². The van der Waals surface area contributed by atoms with Crippen molar-refractivity contribution in [2.45, 2.75) is 0 Å².